The number of aromatic nitrogens is 1. The molecule has 7 nitrogen and oxygen atoms in total. The first kappa shape index (κ1) is 16.2. The molecule has 1 atom stereocenters. The highest BCUT2D eigenvalue weighted by atomic mass is 35.5. The summed E-state index contributed by atoms with van der Waals surface area (Å²) in [7, 11) is 0. The first-order valence-electron chi connectivity index (χ1n) is 5.80. The van der Waals surface area contributed by atoms with Crippen molar-refractivity contribution in [1.82, 2.24) is 10.3 Å². The number of amides is 1. The maximum absolute atomic E-state index is 11.8. The van der Waals surface area contributed by atoms with Crippen LogP contribution in [0.4, 0.5) is 0 Å². The van der Waals surface area contributed by atoms with Crippen LogP contribution in [-0.4, -0.2) is 45.8 Å². The number of carboxylic acids is 1. The molecule has 1 heterocycles. The molecule has 0 aliphatic heterocycles. The van der Waals surface area contributed by atoms with Crippen LogP contribution in [0.5, 0.6) is 5.88 Å². The second-order valence-electron chi connectivity index (χ2n) is 4.21. The lowest BCUT2D eigenvalue weighted by molar-refractivity contribution is -0.155. The Balaban J connectivity index is 2.74. The van der Waals surface area contributed by atoms with Gasteiger partial charge in [-0.3, -0.25) is 4.79 Å². The molecule has 0 bridgehead atoms. The fraction of sp³-hybridized carbons (Fsp3) is 0.417. The molecular weight excluding hydrogens is 288 g/mol. The summed E-state index contributed by atoms with van der Waals surface area (Å²) in [6.07, 6.45) is 1.25. The quantitative estimate of drug-likeness (QED) is 0.713. The van der Waals surface area contributed by atoms with Crippen molar-refractivity contribution in [2.45, 2.75) is 19.4 Å². The lowest BCUT2D eigenvalue weighted by Gasteiger charge is -2.18. The van der Waals surface area contributed by atoms with Gasteiger partial charge in [-0.2, -0.15) is 0 Å². The summed E-state index contributed by atoms with van der Waals surface area (Å²) in [4.78, 5) is 26.3. The van der Waals surface area contributed by atoms with Crippen molar-refractivity contribution in [3.63, 3.8) is 0 Å². The van der Waals surface area contributed by atoms with Crippen molar-refractivity contribution in [2.75, 3.05) is 13.2 Å². The van der Waals surface area contributed by atoms with Crippen LogP contribution < -0.4 is 10.1 Å². The van der Waals surface area contributed by atoms with Gasteiger partial charge >= 0.3 is 5.97 Å². The molecule has 110 valence electrons. The summed E-state index contributed by atoms with van der Waals surface area (Å²) in [5, 5.41) is 20.7. The minimum absolute atomic E-state index is 0.139. The number of aliphatic carboxylic acids is 1. The first-order chi connectivity index (χ1) is 9.27. The third-order valence-electron chi connectivity index (χ3n) is 2.40. The van der Waals surface area contributed by atoms with E-state index in [1.54, 1.807) is 6.92 Å². The average molecular weight is 303 g/mol. The Morgan fingerprint density at radius 3 is 2.70 bits per heavy atom. The maximum Gasteiger partial charge on any atom is 0.337 e. The van der Waals surface area contributed by atoms with E-state index in [1.165, 1.54) is 12.3 Å². The zero-order valence-corrected chi connectivity index (χ0v) is 11.8. The summed E-state index contributed by atoms with van der Waals surface area (Å²) < 4.78 is 5.12. The van der Waals surface area contributed by atoms with Crippen molar-refractivity contribution >= 4 is 23.5 Å². The molecule has 1 aromatic rings. The van der Waals surface area contributed by atoms with E-state index in [2.05, 4.69) is 10.3 Å². The third-order valence-corrected chi connectivity index (χ3v) is 2.68. The lowest BCUT2D eigenvalue weighted by Crippen LogP contribution is -2.46. The monoisotopic (exact) mass is 302 g/mol. The van der Waals surface area contributed by atoms with Gasteiger partial charge in [-0.15, -0.1) is 0 Å². The normalized spacial score (nSPS) is 13.4. The van der Waals surface area contributed by atoms with Crippen molar-refractivity contribution in [2.24, 2.45) is 0 Å². The predicted molar refractivity (Wildman–Crippen MR) is 71.0 cm³/mol. The molecule has 20 heavy (non-hydrogen) atoms. The number of nitrogens with one attached hydrogen (secondary N) is 1. The molecule has 1 unspecified atom stereocenters. The number of ether oxygens (including phenoxy) is 1. The second kappa shape index (κ2) is 6.53. The van der Waals surface area contributed by atoms with Crippen molar-refractivity contribution in [3.05, 3.63) is 22.8 Å². The molecule has 1 amide bonds. The number of hydrogen-bond acceptors (Lipinski definition) is 5. The minimum Gasteiger partial charge on any atom is -0.479 e. The Morgan fingerprint density at radius 1 is 1.55 bits per heavy atom. The summed E-state index contributed by atoms with van der Waals surface area (Å²) in [5.74, 6) is -1.81. The van der Waals surface area contributed by atoms with Gasteiger partial charge in [0.15, 0.2) is 5.60 Å². The zero-order chi connectivity index (χ0) is 15.3. The molecule has 0 saturated heterocycles. The lowest BCUT2D eigenvalue weighted by atomic mass is 10.1. The topological polar surface area (TPSA) is 109 Å². The van der Waals surface area contributed by atoms with E-state index in [4.69, 9.17) is 21.4 Å². The predicted octanol–water partition coefficient (Wildman–Crippen LogP) is 0.699. The number of rotatable bonds is 6. The van der Waals surface area contributed by atoms with E-state index < -0.39 is 24.0 Å². The smallest absolute Gasteiger partial charge is 0.337 e. The van der Waals surface area contributed by atoms with Crippen LogP contribution in [-0.2, 0) is 4.79 Å². The average Bonchev–Trinajstić information content (AvgIpc) is 2.38. The Bertz CT molecular complexity index is 519. The molecular formula is C12H15ClN2O5. The zero-order valence-electron chi connectivity index (χ0n) is 11.0. The molecule has 8 heteroatoms. The van der Waals surface area contributed by atoms with Gasteiger partial charge in [-0.25, -0.2) is 9.78 Å². The van der Waals surface area contributed by atoms with Crippen LogP contribution in [0, 0.1) is 0 Å². The van der Waals surface area contributed by atoms with Gasteiger partial charge in [0.25, 0.3) is 5.91 Å². The van der Waals surface area contributed by atoms with Gasteiger partial charge in [0.1, 0.15) is 5.02 Å². The largest absolute Gasteiger partial charge is 0.479 e. The number of carbonyl (C=O) groups is 2. The number of carboxylic acid groups (broad SMARTS) is 1. The van der Waals surface area contributed by atoms with Gasteiger partial charge in [0, 0.05) is 6.20 Å². The molecule has 0 fully saturated rings. The standard InChI is InChI=1S/C12H15ClN2O5/c1-3-20-10-8(13)4-7(5-14-10)9(16)15-6-12(2,19)11(17)18/h4-5,19H,3,6H2,1-2H3,(H,15,16)(H,17,18). The number of nitrogens with zero attached hydrogens (tertiary/aromatic N) is 1. The second-order valence-corrected chi connectivity index (χ2v) is 4.61. The Kier molecular flexibility index (Phi) is 5.29. The fourth-order valence-corrected chi connectivity index (χ4v) is 1.44. The van der Waals surface area contributed by atoms with Crippen LogP contribution in [0.2, 0.25) is 5.02 Å². The SMILES string of the molecule is CCOc1ncc(C(=O)NCC(C)(O)C(=O)O)cc1Cl. The van der Waals surface area contributed by atoms with Crippen LogP contribution in [0.15, 0.2) is 12.3 Å². The highest BCUT2D eigenvalue weighted by Gasteiger charge is 2.30. The third kappa shape index (κ3) is 4.07. The molecule has 0 aliphatic rings. The van der Waals surface area contributed by atoms with Gasteiger partial charge in [0.2, 0.25) is 5.88 Å². The van der Waals surface area contributed by atoms with Crippen LogP contribution >= 0.6 is 11.6 Å². The van der Waals surface area contributed by atoms with Gasteiger partial charge in [-0.05, 0) is 19.9 Å². The minimum atomic E-state index is -2.04. The number of pyridine rings is 1. The first-order valence-corrected chi connectivity index (χ1v) is 6.18. The maximum atomic E-state index is 11.8. The Hall–Kier alpha value is -1.86. The molecule has 1 aromatic heterocycles. The van der Waals surface area contributed by atoms with Crippen molar-refractivity contribution < 1.29 is 24.5 Å². The highest BCUT2D eigenvalue weighted by molar-refractivity contribution is 6.32. The summed E-state index contributed by atoms with van der Waals surface area (Å²) in [5.41, 5.74) is -1.90. The summed E-state index contributed by atoms with van der Waals surface area (Å²) >= 11 is 5.88. The molecule has 0 radical (unpaired) electrons. The molecule has 3 N–H and O–H groups in total. The van der Waals surface area contributed by atoms with E-state index in [9.17, 15) is 14.7 Å². The number of halogens is 1. The Labute approximate surface area is 120 Å². The number of carbonyl (C=O) groups excluding carboxylic acids is 1. The van der Waals surface area contributed by atoms with E-state index in [-0.39, 0.29) is 16.5 Å². The van der Waals surface area contributed by atoms with Crippen molar-refractivity contribution in [1.29, 1.82) is 0 Å². The fourth-order valence-electron chi connectivity index (χ4n) is 1.22. The summed E-state index contributed by atoms with van der Waals surface area (Å²) in [6, 6.07) is 1.35. The van der Waals surface area contributed by atoms with Crippen LogP contribution in [0.3, 0.4) is 0 Å². The van der Waals surface area contributed by atoms with Gasteiger partial charge in [-0.1, -0.05) is 11.6 Å². The van der Waals surface area contributed by atoms with Crippen LogP contribution in [0.1, 0.15) is 24.2 Å². The number of aliphatic hydroxyl groups is 1. The van der Waals surface area contributed by atoms with Crippen LogP contribution in [0.25, 0.3) is 0 Å². The van der Waals surface area contributed by atoms with E-state index in [1.807, 2.05) is 0 Å². The van der Waals surface area contributed by atoms with Gasteiger partial charge in [0.05, 0.1) is 18.7 Å². The molecule has 0 aliphatic carbocycles. The highest BCUT2D eigenvalue weighted by Crippen LogP contribution is 2.22. The van der Waals surface area contributed by atoms with Gasteiger partial charge < -0.3 is 20.3 Å². The van der Waals surface area contributed by atoms with Crippen molar-refractivity contribution in [3.8, 4) is 5.88 Å². The summed E-state index contributed by atoms with van der Waals surface area (Å²) in [6.45, 7) is 2.80. The molecule has 0 saturated carbocycles. The Morgan fingerprint density at radius 2 is 2.20 bits per heavy atom. The molecule has 0 spiro atoms. The molecule has 1 rings (SSSR count). The van der Waals surface area contributed by atoms with E-state index >= 15 is 0 Å². The number of hydrogen-bond donors (Lipinski definition) is 3. The van der Waals surface area contributed by atoms with E-state index in [0.717, 1.165) is 6.92 Å². The molecule has 0 aromatic carbocycles. The van der Waals surface area contributed by atoms with E-state index in [0.29, 0.717) is 6.61 Å².